The van der Waals surface area contributed by atoms with Crippen molar-refractivity contribution >= 4 is 5.97 Å². The van der Waals surface area contributed by atoms with Gasteiger partial charge in [-0.2, -0.15) is 0 Å². The number of aromatic nitrogens is 1. The Bertz CT molecular complexity index is 352. The van der Waals surface area contributed by atoms with Gasteiger partial charge < -0.3 is 14.0 Å². The summed E-state index contributed by atoms with van der Waals surface area (Å²) in [4.78, 5) is 13.3. The van der Waals surface area contributed by atoms with Crippen molar-refractivity contribution in [3.63, 3.8) is 0 Å². The number of methoxy groups -OCH3 is 1. The fraction of sp³-hybridized carbons (Fsp3) is 0.636. The number of morpholine rings is 1. The highest BCUT2D eigenvalue weighted by molar-refractivity contribution is 5.69. The monoisotopic (exact) mass is 240 g/mol. The summed E-state index contributed by atoms with van der Waals surface area (Å²) in [6.07, 6.45) is 1.82. The molecule has 0 aromatic carbocycles. The molecule has 0 radical (unpaired) electrons. The van der Waals surface area contributed by atoms with E-state index < -0.39 is 0 Å². The van der Waals surface area contributed by atoms with Crippen LogP contribution in [-0.4, -0.2) is 48.9 Å². The first-order chi connectivity index (χ1) is 8.28. The summed E-state index contributed by atoms with van der Waals surface area (Å²) in [5.74, 6) is 0.584. The van der Waals surface area contributed by atoms with Crippen molar-refractivity contribution in [2.75, 3.05) is 26.8 Å². The van der Waals surface area contributed by atoms with E-state index in [-0.39, 0.29) is 12.1 Å². The lowest BCUT2D eigenvalue weighted by Gasteiger charge is -2.31. The first kappa shape index (κ1) is 12.1. The Balaban J connectivity index is 1.82. The first-order valence-corrected chi connectivity index (χ1v) is 5.58. The van der Waals surface area contributed by atoms with Crippen molar-refractivity contribution < 1.29 is 18.8 Å². The maximum atomic E-state index is 11.2. The van der Waals surface area contributed by atoms with Gasteiger partial charge in [-0.05, 0) is 0 Å². The Morgan fingerprint density at radius 2 is 2.59 bits per heavy atom. The van der Waals surface area contributed by atoms with Gasteiger partial charge in [0, 0.05) is 19.2 Å². The molecule has 2 rings (SSSR count). The third kappa shape index (κ3) is 3.54. The molecule has 1 aliphatic rings. The third-order valence-corrected chi connectivity index (χ3v) is 2.72. The molecular formula is C11H16N2O4. The van der Waals surface area contributed by atoms with Crippen LogP contribution in [0.1, 0.15) is 12.2 Å². The van der Waals surface area contributed by atoms with E-state index in [0.717, 1.165) is 12.3 Å². The topological polar surface area (TPSA) is 64.8 Å². The molecule has 94 valence electrons. The van der Waals surface area contributed by atoms with Gasteiger partial charge in [-0.25, -0.2) is 0 Å². The van der Waals surface area contributed by atoms with Crippen LogP contribution in [0.25, 0.3) is 0 Å². The summed E-state index contributed by atoms with van der Waals surface area (Å²) in [6.45, 7) is 2.85. The minimum atomic E-state index is -0.239. The molecule has 17 heavy (non-hydrogen) atoms. The Labute approximate surface area is 99.5 Å². The molecule has 0 N–H and O–H groups in total. The maximum Gasteiger partial charge on any atom is 0.308 e. The summed E-state index contributed by atoms with van der Waals surface area (Å²) in [5, 5.41) is 3.66. The second kappa shape index (κ2) is 5.79. The van der Waals surface area contributed by atoms with E-state index in [9.17, 15) is 4.79 Å². The second-order valence-electron chi connectivity index (χ2n) is 3.99. The summed E-state index contributed by atoms with van der Waals surface area (Å²) < 4.78 is 15.2. The van der Waals surface area contributed by atoms with E-state index in [1.54, 1.807) is 6.20 Å². The number of carbonyl (C=O) groups is 1. The molecule has 0 aliphatic carbocycles. The van der Waals surface area contributed by atoms with Crippen LogP contribution >= 0.6 is 0 Å². The van der Waals surface area contributed by atoms with Gasteiger partial charge in [0.25, 0.3) is 0 Å². The van der Waals surface area contributed by atoms with Crippen LogP contribution in [-0.2, 0) is 20.8 Å². The lowest BCUT2D eigenvalue weighted by molar-refractivity contribution is -0.145. The minimum Gasteiger partial charge on any atom is -0.469 e. The standard InChI is InChI=1S/C11H16N2O4/c1-15-11(14)6-10-8-13(4-5-16-10)7-9-2-3-12-17-9/h2-3,10H,4-8H2,1H3. The van der Waals surface area contributed by atoms with Crippen molar-refractivity contribution in [1.82, 2.24) is 10.1 Å². The lowest BCUT2D eigenvalue weighted by Crippen LogP contribution is -2.42. The van der Waals surface area contributed by atoms with Crippen LogP contribution in [0.4, 0.5) is 0 Å². The molecule has 0 amide bonds. The van der Waals surface area contributed by atoms with Crippen LogP contribution in [0, 0.1) is 0 Å². The molecule has 1 aliphatic heterocycles. The number of hydrogen-bond acceptors (Lipinski definition) is 6. The highest BCUT2D eigenvalue weighted by Crippen LogP contribution is 2.12. The number of hydrogen-bond donors (Lipinski definition) is 0. The smallest absolute Gasteiger partial charge is 0.308 e. The molecule has 1 atom stereocenters. The predicted molar refractivity (Wildman–Crippen MR) is 58.2 cm³/mol. The highest BCUT2D eigenvalue weighted by Gasteiger charge is 2.23. The fourth-order valence-corrected chi connectivity index (χ4v) is 1.86. The molecule has 2 heterocycles. The summed E-state index contributed by atoms with van der Waals surface area (Å²) in [6, 6.07) is 1.84. The van der Waals surface area contributed by atoms with Crippen molar-refractivity contribution in [1.29, 1.82) is 0 Å². The number of carbonyl (C=O) groups excluding carboxylic acids is 1. The Morgan fingerprint density at radius 1 is 1.71 bits per heavy atom. The largest absolute Gasteiger partial charge is 0.469 e. The van der Waals surface area contributed by atoms with Crippen molar-refractivity contribution in [2.24, 2.45) is 0 Å². The van der Waals surface area contributed by atoms with Crippen LogP contribution in [0.15, 0.2) is 16.8 Å². The van der Waals surface area contributed by atoms with E-state index in [2.05, 4.69) is 14.8 Å². The molecule has 1 aromatic rings. The highest BCUT2D eigenvalue weighted by atomic mass is 16.5. The zero-order valence-electron chi connectivity index (χ0n) is 9.80. The van der Waals surface area contributed by atoms with E-state index >= 15 is 0 Å². The van der Waals surface area contributed by atoms with E-state index in [1.807, 2.05) is 6.07 Å². The molecule has 0 spiro atoms. The number of nitrogens with zero attached hydrogens (tertiary/aromatic N) is 2. The van der Waals surface area contributed by atoms with Gasteiger partial charge in [-0.1, -0.05) is 5.16 Å². The normalized spacial score (nSPS) is 21.4. The Hall–Kier alpha value is -1.40. The average Bonchev–Trinajstić information content (AvgIpc) is 2.82. The molecule has 0 bridgehead atoms. The molecular weight excluding hydrogens is 224 g/mol. The summed E-state index contributed by atoms with van der Waals surface area (Å²) in [5.41, 5.74) is 0. The predicted octanol–water partition coefficient (Wildman–Crippen LogP) is 0.438. The van der Waals surface area contributed by atoms with Gasteiger partial charge in [0.2, 0.25) is 0 Å². The number of ether oxygens (including phenoxy) is 2. The zero-order chi connectivity index (χ0) is 12.1. The zero-order valence-corrected chi connectivity index (χ0v) is 9.80. The van der Waals surface area contributed by atoms with Crippen LogP contribution in [0.2, 0.25) is 0 Å². The quantitative estimate of drug-likeness (QED) is 0.711. The summed E-state index contributed by atoms with van der Waals surface area (Å²) in [7, 11) is 1.39. The summed E-state index contributed by atoms with van der Waals surface area (Å²) >= 11 is 0. The molecule has 6 heteroatoms. The number of esters is 1. The van der Waals surface area contributed by atoms with E-state index in [1.165, 1.54) is 7.11 Å². The van der Waals surface area contributed by atoms with Crippen molar-refractivity contribution in [3.05, 3.63) is 18.0 Å². The van der Waals surface area contributed by atoms with Crippen molar-refractivity contribution in [3.8, 4) is 0 Å². The molecule has 1 saturated heterocycles. The molecule has 1 fully saturated rings. The van der Waals surface area contributed by atoms with Crippen LogP contribution in [0.5, 0.6) is 0 Å². The Morgan fingerprint density at radius 3 is 3.29 bits per heavy atom. The average molecular weight is 240 g/mol. The number of rotatable bonds is 4. The van der Waals surface area contributed by atoms with Gasteiger partial charge >= 0.3 is 5.97 Å². The SMILES string of the molecule is COC(=O)CC1CN(Cc2ccno2)CCO1. The van der Waals surface area contributed by atoms with Crippen molar-refractivity contribution in [2.45, 2.75) is 19.1 Å². The Kier molecular flexibility index (Phi) is 4.11. The van der Waals surface area contributed by atoms with Crippen LogP contribution < -0.4 is 0 Å². The fourth-order valence-electron chi connectivity index (χ4n) is 1.86. The van der Waals surface area contributed by atoms with E-state index in [4.69, 9.17) is 9.26 Å². The second-order valence-corrected chi connectivity index (χ2v) is 3.99. The van der Waals surface area contributed by atoms with Gasteiger partial charge in [0.15, 0.2) is 5.76 Å². The minimum absolute atomic E-state index is 0.0980. The van der Waals surface area contributed by atoms with Gasteiger partial charge in [0.05, 0.1) is 39.0 Å². The maximum absolute atomic E-state index is 11.2. The third-order valence-electron chi connectivity index (χ3n) is 2.72. The molecule has 1 aromatic heterocycles. The first-order valence-electron chi connectivity index (χ1n) is 5.58. The van der Waals surface area contributed by atoms with Gasteiger partial charge in [-0.3, -0.25) is 9.69 Å². The molecule has 1 unspecified atom stereocenters. The van der Waals surface area contributed by atoms with Crippen LogP contribution in [0.3, 0.4) is 0 Å². The van der Waals surface area contributed by atoms with E-state index in [0.29, 0.717) is 26.1 Å². The van der Waals surface area contributed by atoms with Gasteiger partial charge in [-0.15, -0.1) is 0 Å². The molecule has 0 saturated carbocycles. The van der Waals surface area contributed by atoms with Gasteiger partial charge in [0.1, 0.15) is 0 Å². The lowest BCUT2D eigenvalue weighted by atomic mass is 10.2. The molecule has 6 nitrogen and oxygen atoms in total.